The maximum absolute atomic E-state index is 5.29. The number of hydrogen-bond acceptors (Lipinski definition) is 3. The van der Waals surface area contributed by atoms with Crippen molar-refractivity contribution in [2.75, 3.05) is 0 Å². The molecule has 52 heavy (non-hydrogen) atoms. The normalized spacial score (nSPS) is 11.8. The molecule has 0 unspecified atom stereocenters. The third-order valence-electron chi connectivity index (χ3n) is 10.4. The largest absolute Gasteiger partial charge is 0.308 e. The number of para-hydroxylation sites is 2. The highest BCUT2D eigenvalue weighted by Gasteiger charge is 2.22. The zero-order valence-corrected chi connectivity index (χ0v) is 28.8. The molecule has 3 nitrogen and oxygen atoms in total. The lowest BCUT2D eigenvalue weighted by molar-refractivity contribution is 1.18. The van der Waals surface area contributed by atoms with Crippen molar-refractivity contribution in [2.24, 2.45) is 0 Å². The van der Waals surface area contributed by atoms with E-state index in [0.717, 1.165) is 33.4 Å². The highest BCUT2D eigenvalue weighted by atomic mass is 32.1. The van der Waals surface area contributed by atoms with Crippen LogP contribution in [0.4, 0.5) is 0 Å². The van der Waals surface area contributed by atoms with Gasteiger partial charge in [0.15, 0.2) is 5.82 Å². The summed E-state index contributed by atoms with van der Waals surface area (Å²) >= 11 is 1.89. The first-order valence-corrected chi connectivity index (χ1v) is 18.4. The molecule has 0 saturated carbocycles. The number of nitrogens with zero attached hydrogens (tertiary/aromatic N) is 3. The van der Waals surface area contributed by atoms with Gasteiger partial charge in [0.1, 0.15) is 0 Å². The molecule has 11 aromatic rings. The van der Waals surface area contributed by atoms with Gasteiger partial charge in [-0.15, -0.1) is 11.3 Å². The lowest BCUT2D eigenvalue weighted by atomic mass is 9.99. The van der Waals surface area contributed by atoms with Crippen LogP contribution in [0.15, 0.2) is 176 Å². The van der Waals surface area contributed by atoms with Crippen LogP contribution < -0.4 is 0 Å². The van der Waals surface area contributed by atoms with E-state index in [9.17, 15) is 0 Å². The highest BCUT2D eigenvalue weighted by Crippen LogP contribution is 2.48. The molecule has 4 heteroatoms. The van der Waals surface area contributed by atoms with Crippen LogP contribution >= 0.6 is 11.3 Å². The van der Waals surface area contributed by atoms with Gasteiger partial charge < -0.3 is 4.57 Å². The Hall–Kier alpha value is -6.62. The van der Waals surface area contributed by atoms with Crippen molar-refractivity contribution < 1.29 is 0 Å². The highest BCUT2D eigenvalue weighted by molar-refractivity contribution is 7.27. The van der Waals surface area contributed by atoms with Crippen LogP contribution in [0.2, 0.25) is 0 Å². The Morgan fingerprint density at radius 2 is 1.04 bits per heavy atom. The van der Waals surface area contributed by atoms with Gasteiger partial charge in [-0.2, -0.15) is 0 Å². The summed E-state index contributed by atoms with van der Waals surface area (Å²) in [4.78, 5) is 10.4. The van der Waals surface area contributed by atoms with Crippen LogP contribution in [-0.4, -0.2) is 14.5 Å². The quantitative estimate of drug-likeness (QED) is 0.185. The van der Waals surface area contributed by atoms with Gasteiger partial charge in [-0.05, 0) is 52.2 Å². The Morgan fingerprint density at radius 1 is 0.423 bits per heavy atom. The molecule has 0 atom stereocenters. The Labute approximate surface area is 303 Å². The molecule has 11 rings (SSSR count). The Balaban J connectivity index is 1.15. The third-order valence-corrected chi connectivity index (χ3v) is 11.6. The minimum atomic E-state index is 0.709. The Kier molecular flexibility index (Phi) is 6.42. The topological polar surface area (TPSA) is 30.7 Å². The first-order valence-electron chi connectivity index (χ1n) is 17.6. The summed E-state index contributed by atoms with van der Waals surface area (Å²) in [6, 6.07) is 62.8. The molecule has 0 saturated heterocycles. The van der Waals surface area contributed by atoms with Gasteiger partial charge in [0.05, 0.1) is 26.9 Å². The van der Waals surface area contributed by atoms with Crippen molar-refractivity contribution in [1.29, 1.82) is 0 Å². The fourth-order valence-electron chi connectivity index (χ4n) is 8.06. The molecule has 242 valence electrons. The number of fused-ring (bicyclic) bond motifs is 11. The van der Waals surface area contributed by atoms with Crippen molar-refractivity contribution in [3.05, 3.63) is 176 Å². The standard InChI is InChI=1S/C48H29N3S/c1-2-13-30(14-3-1)31-25-27-32(28-26-31)45-37-19-6-9-22-40(37)49-48(50-45)33-15-12-16-34(29-33)51-41-23-10-7-20-38(41)43-35-17-4-5-18-36(35)44-39-21-8-11-24-42(39)52-47(44)46(43)51/h1-29H. The number of thiophene rings is 1. The van der Waals surface area contributed by atoms with Gasteiger partial charge >= 0.3 is 0 Å². The van der Waals surface area contributed by atoms with E-state index in [1.807, 2.05) is 11.3 Å². The van der Waals surface area contributed by atoms with Crippen LogP contribution in [0, 0.1) is 0 Å². The van der Waals surface area contributed by atoms with E-state index in [0.29, 0.717) is 5.82 Å². The Bertz CT molecular complexity index is 3170. The summed E-state index contributed by atoms with van der Waals surface area (Å²) in [7, 11) is 0. The van der Waals surface area contributed by atoms with E-state index in [1.165, 1.54) is 63.9 Å². The molecule has 0 aliphatic rings. The SMILES string of the molecule is c1ccc(-c2ccc(-c3nc(-c4cccc(-n5c6ccccc6c6c7ccccc7c7c8ccccc8sc7c65)c4)nc4ccccc34)cc2)cc1. The van der Waals surface area contributed by atoms with Gasteiger partial charge in [0.2, 0.25) is 0 Å². The fraction of sp³-hybridized carbons (Fsp3) is 0. The predicted octanol–water partition coefficient (Wildman–Crippen LogP) is 13.2. The van der Waals surface area contributed by atoms with E-state index in [-0.39, 0.29) is 0 Å². The molecule has 0 fully saturated rings. The van der Waals surface area contributed by atoms with Crippen LogP contribution in [-0.2, 0) is 0 Å². The van der Waals surface area contributed by atoms with Gasteiger partial charge in [-0.1, -0.05) is 146 Å². The summed E-state index contributed by atoms with van der Waals surface area (Å²) in [6.45, 7) is 0. The molecular formula is C48H29N3S. The summed E-state index contributed by atoms with van der Waals surface area (Å²) in [5.41, 5.74) is 9.80. The van der Waals surface area contributed by atoms with Gasteiger partial charge in [-0.25, -0.2) is 9.97 Å². The second kappa shape index (κ2) is 11.5. The molecule has 0 bridgehead atoms. The van der Waals surface area contributed by atoms with Crippen molar-refractivity contribution in [3.8, 4) is 39.5 Å². The molecule has 0 amide bonds. The summed E-state index contributed by atoms with van der Waals surface area (Å²) in [5, 5.41) is 8.79. The van der Waals surface area contributed by atoms with Crippen LogP contribution in [0.5, 0.6) is 0 Å². The second-order valence-corrected chi connectivity index (χ2v) is 14.4. The maximum Gasteiger partial charge on any atom is 0.160 e. The first-order chi connectivity index (χ1) is 25.8. The van der Waals surface area contributed by atoms with E-state index >= 15 is 0 Å². The molecule has 0 N–H and O–H groups in total. The average Bonchev–Trinajstić information content (AvgIpc) is 3.78. The third kappa shape index (κ3) is 4.38. The minimum absolute atomic E-state index is 0.709. The van der Waals surface area contributed by atoms with Crippen LogP contribution in [0.3, 0.4) is 0 Å². The monoisotopic (exact) mass is 679 g/mol. The van der Waals surface area contributed by atoms with Crippen molar-refractivity contribution in [1.82, 2.24) is 14.5 Å². The number of rotatable bonds is 4. The zero-order valence-electron chi connectivity index (χ0n) is 28.0. The van der Waals surface area contributed by atoms with Crippen LogP contribution in [0.1, 0.15) is 0 Å². The molecule has 3 heterocycles. The van der Waals surface area contributed by atoms with Gasteiger partial charge in [0, 0.05) is 48.4 Å². The van der Waals surface area contributed by atoms with Gasteiger partial charge in [-0.3, -0.25) is 0 Å². The average molecular weight is 680 g/mol. The van der Waals surface area contributed by atoms with Crippen molar-refractivity contribution in [3.63, 3.8) is 0 Å². The molecule has 0 spiro atoms. The molecule has 3 aromatic heterocycles. The summed E-state index contributed by atoms with van der Waals surface area (Å²) in [6.07, 6.45) is 0. The maximum atomic E-state index is 5.29. The van der Waals surface area contributed by atoms with E-state index in [1.54, 1.807) is 0 Å². The number of hydrogen-bond donors (Lipinski definition) is 0. The van der Waals surface area contributed by atoms with Gasteiger partial charge in [0.25, 0.3) is 0 Å². The minimum Gasteiger partial charge on any atom is -0.308 e. The summed E-state index contributed by atoms with van der Waals surface area (Å²) in [5.74, 6) is 0.709. The van der Waals surface area contributed by atoms with Crippen molar-refractivity contribution >= 4 is 75.0 Å². The Morgan fingerprint density at radius 3 is 1.87 bits per heavy atom. The zero-order chi connectivity index (χ0) is 34.2. The van der Waals surface area contributed by atoms with E-state index in [2.05, 4.69) is 180 Å². The summed E-state index contributed by atoms with van der Waals surface area (Å²) < 4.78 is 5.07. The fourth-order valence-corrected chi connectivity index (χ4v) is 9.31. The predicted molar refractivity (Wildman–Crippen MR) is 221 cm³/mol. The molecule has 0 aliphatic heterocycles. The molecule has 0 aliphatic carbocycles. The molecular weight excluding hydrogens is 651 g/mol. The number of aromatic nitrogens is 3. The smallest absolute Gasteiger partial charge is 0.160 e. The van der Waals surface area contributed by atoms with Crippen molar-refractivity contribution in [2.45, 2.75) is 0 Å². The van der Waals surface area contributed by atoms with E-state index in [4.69, 9.17) is 9.97 Å². The molecule has 0 radical (unpaired) electrons. The second-order valence-electron chi connectivity index (χ2n) is 13.3. The first kappa shape index (κ1) is 29.1. The molecule has 8 aromatic carbocycles. The van der Waals surface area contributed by atoms with Crippen LogP contribution in [0.25, 0.3) is 103 Å². The lowest BCUT2D eigenvalue weighted by Gasteiger charge is -2.13. The van der Waals surface area contributed by atoms with E-state index < -0.39 is 0 Å². The lowest BCUT2D eigenvalue weighted by Crippen LogP contribution is -1.98. The number of benzene rings is 8.